The Labute approximate surface area is 240 Å². The van der Waals surface area contributed by atoms with Gasteiger partial charge >= 0.3 is 0 Å². The summed E-state index contributed by atoms with van der Waals surface area (Å²) in [5, 5.41) is 2.94. The van der Waals surface area contributed by atoms with E-state index in [1.165, 1.54) is 4.90 Å². The number of benzene rings is 3. The molecule has 39 heavy (non-hydrogen) atoms. The molecule has 3 rings (SSSR count). The van der Waals surface area contributed by atoms with Crippen LogP contribution in [0.15, 0.2) is 82.2 Å². The fourth-order valence-electron chi connectivity index (χ4n) is 4.03. The number of rotatable bonds is 11. The normalized spacial score (nSPS) is 12.9. The van der Waals surface area contributed by atoms with Crippen LogP contribution < -0.4 is 9.62 Å². The van der Waals surface area contributed by atoms with E-state index in [1.807, 2.05) is 58.0 Å². The Morgan fingerprint density at radius 2 is 1.59 bits per heavy atom. The molecule has 0 aromatic heterocycles. The van der Waals surface area contributed by atoms with Crippen molar-refractivity contribution < 1.29 is 18.0 Å². The third-order valence-electron chi connectivity index (χ3n) is 6.59. The highest BCUT2D eigenvalue weighted by atomic mass is 79.9. The van der Waals surface area contributed by atoms with Gasteiger partial charge in [-0.3, -0.25) is 13.9 Å². The number of carbonyl (C=O) groups is 2. The minimum atomic E-state index is -4.09. The molecular formula is C30H36BrN3O4S. The Hall–Kier alpha value is -3.17. The zero-order chi connectivity index (χ0) is 28.7. The number of halogens is 1. The maximum atomic E-state index is 14.0. The van der Waals surface area contributed by atoms with Crippen LogP contribution in [0.5, 0.6) is 0 Å². The molecule has 0 aliphatic rings. The molecule has 0 saturated heterocycles. The summed E-state index contributed by atoms with van der Waals surface area (Å²) in [5.41, 5.74) is 2.97. The summed E-state index contributed by atoms with van der Waals surface area (Å²) < 4.78 is 29.7. The Morgan fingerprint density at radius 3 is 2.21 bits per heavy atom. The van der Waals surface area contributed by atoms with Crippen LogP contribution in [0.3, 0.4) is 0 Å². The largest absolute Gasteiger partial charge is 0.352 e. The lowest BCUT2D eigenvalue weighted by atomic mass is 10.1. The van der Waals surface area contributed by atoms with Crippen LogP contribution in [0.25, 0.3) is 0 Å². The molecule has 3 aromatic carbocycles. The summed E-state index contributed by atoms with van der Waals surface area (Å²) in [6, 6.07) is 20.1. The SMILES string of the molecule is CC[C@H](C)NC(=O)[C@H](C)N(Cc1cccc(Br)c1)C(=O)CN(c1cccc(C)c1)S(=O)(=O)c1ccc(C)cc1. The minimum absolute atomic E-state index is 0.0616. The van der Waals surface area contributed by atoms with Gasteiger partial charge in [0.05, 0.1) is 10.6 Å². The Kier molecular flexibility index (Phi) is 10.3. The highest BCUT2D eigenvalue weighted by Crippen LogP contribution is 2.26. The fraction of sp³-hybridized carbons (Fsp3) is 0.333. The Balaban J connectivity index is 2.03. The highest BCUT2D eigenvalue weighted by molar-refractivity contribution is 9.10. The van der Waals surface area contributed by atoms with Crippen LogP contribution >= 0.6 is 15.9 Å². The van der Waals surface area contributed by atoms with Crippen molar-refractivity contribution in [1.82, 2.24) is 10.2 Å². The van der Waals surface area contributed by atoms with Gasteiger partial charge in [-0.15, -0.1) is 0 Å². The summed E-state index contributed by atoms with van der Waals surface area (Å²) in [6.45, 7) is 8.95. The van der Waals surface area contributed by atoms with E-state index in [0.717, 1.165) is 31.9 Å². The second-order valence-corrected chi connectivity index (χ2v) is 12.6. The van der Waals surface area contributed by atoms with Crippen LogP contribution in [-0.4, -0.2) is 43.8 Å². The highest BCUT2D eigenvalue weighted by Gasteiger charge is 2.32. The third kappa shape index (κ3) is 7.92. The Morgan fingerprint density at radius 1 is 0.923 bits per heavy atom. The van der Waals surface area contributed by atoms with Gasteiger partial charge in [-0.1, -0.05) is 64.8 Å². The molecule has 0 spiro atoms. The van der Waals surface area contributed by atoms with Crippen molar-refractivity contribution in [2.24, 2.45) is 0 Å². The van der Waals surface area contributed by atoms with E-state index in [9.17, 15) is 18.0 Å². The molecule has 0 radical (unpaired) electrons. The van der Waals surface area contributed by atoms with Crippen LogP contribution in [0.2, 0.25) is 0 Å². The molecule has 7 nitrogen and oxygen atoms in total. The van der Waals surface area contributed by atoms with E-state index >= 15 is 0 Å². The number of nitrogens with zero attached hydrogens (tertiary/aromatic N) is 2. The summed E-state index contributed by atoms with van der Waals surface area (Å²) in [4.78, 5) is 28.6. The molecule has 3 aromatic rings. The quantitative estimate of drug-likeness (QED) is 0.305. The molecule has 0 bridgehead atoms. The molecule has 0 aliphatic heterocycles. The van der Waals surface area contributed by atoms with Crippen molar-refractivity contribution >= 4 is 43.5 Å². The first kappa shape index (κ1) is 30.4. The number of carbonyl (C=O) groups excluding carboxylic acids is 2. The van der Waals surface area contributed by atoms with Gasteiger partial charge in [-0.25, -0.2) is 8.42 Å². The fourth-order valence-corrected chi connectivity index (χ4v) is 5.88. The van der Waals surface area contributed by atoms with E-state index in [0.29, 0.717) is 5.69 Å². The van der Waals surface area contributed by atoms with Crippen molar-refractivity contribution in [2.45, 2.75) is 64.6 Å². The molecule has 0 aliphatic carbocycles. The maximum absolute atomic E-state index is 14.0. The molecule has 0 unspecified atom stereocenters. The summed E-state index contributed by atoms with van der Waals surface area (Å²) in [7, 11) is -4.09. The number of hydrogen-bond acceptors (Lipinski definition) is 4. The van der Waals surface area contributed by atoms with Crippen molar-refractivity contribution in [2.75, 3.05) is 10.8 Å². The van der Waals surface area contributed by atoms with Crippen molar-refractivity contribution in [1.29, 1.82) is 0 Å². The summed E-state index contributed by atoms with van der Waals surface area (Å²) in [5.74, 6) is -0.782. The van der Waals surface area contributed by atoms with E-state index in [2.05, 4.69) is 21.2 Å². The van der Waals surface area contributed by atoms with E-state index < -0.39 is 28.5 Å². The average molecular weight is 615 g/mol. The van der Waals surface area contributed by atoms with Crippen LogP contribution in [-0.2, 0) is 26.2 Å². The van der Waals surface area contributed by atoms with E-state index in [1.54, 1.807) is 49.4 Å². The van der Waals surface area contributed by atoms with Crippen LogP contribution in [0, 0.1) is 13.8 Å². The molecule has 2 amide bonds. The van der Waals surface area contributed by atoms with Gasteiger partial charge in [0.2, 0.25) is 11.8 Å². The standard InChI is InChI=1S/C30H36BrN3O4S/c1-6-23(4)32-30(36)24(5)33(19-25-10-8-11-26(31)18-25)29(35)20-34(27-12-7-9-22(3)17-27)39(37,38)28-15-13-21(2)14-16-28/h7-18,23-24H,6,19-20H2,1-5H3,(H,32,36)/t23-,24-/m0/s1. The zero-order valence-electron chi connectivity index (χ0n) is 23.0. The molecule has 0 saturated carbocycles. The number of amides is 2. The van der Waals surface area contributed by atoms with Gasteiger partial charge in [0.1, 0.15) is 12.6 Å². The predicted octanol–water partition coefficient (Wildman–Crippen LogP) is 5.59. The second-order valence-electron chi connectivity index (χ2n) is 9.81. The number of sulfonamides is 1. The molecular weight excluding hydrogens is 578 g/mol. The zero-order valence-corrected chi connectivity index (χ0v) is 25.4. The number of nitrogens with one attached hydrogen (secondary N) is 1. The topological polar surface area (TPSA) is 86.8 Å². The van der Waals surface area contributed by atoms with Gasteiger partial charge in [-0.05, 0) is 81.6 Å². The van der Waals surface area contributed by atoms with Gasteiger partial charge in [0, 0.05) is 17.1 Å². The molecule has 9 heteroatoms. The van der Waals surface area contributed by atoms with Gasteiger partial charge < -0.3 is 10.2 Å². The second kappa shape index (κ2) is 13.3. The Bertz CT molecular complexity index is 1410. The monoisotopic (exact) mass is 613 g/mol. The predicted molar refractivity (Wildman–Crippen MR) is 159 cm³/mol. The molecule has 208 valence electrons. The third-order valence-corrected chi connectivity index (χ3v) is 8.87. The number of aryl methyl sites for hydroxylation is 2. The molecule has 2 atom stereocenters. The molecule has 0 fully saturated rings. The van der Waals surface area contributed by atoms with Crippen LogP contribution in [0.1, 0.15) is 43.9 Å². The lowest BCUT2D eigenvalue weighted by Gasteiger charge is -2.32. The van der Waals surface area contributed by atoms with E-state index in [-0.39, 0.29) is 23.4 Å². The first-order chi connectivity index (χ1) is 18.4. The number of anilines is 1. The lowest BCUT2D eigenvalue weighted by molar-refractivity contribution is -0.139. The van der Waals surface area contributed by atoms with Gasteiger partial charge in [-0.2, -0.15) is 0 Å². The first-order valence-electron chi connectivity index (χ1n) is 12.9. The van der Waals surface area contributed by atoms with Crippen molar-refractivity contribution in [3.05, 3.63) is 94.0 Å². The number of hydrogen-bond donors (Lipinski definition) is 1. The first-order valence-corrected chi connectivity index (χ1v) is 15.2. The van der Waals surface area contributed by atoms with Crippen molar-refractivity contribution in [3.8, 4) is 0 Å². The lowest BCUT2D eigenvalue weighted by Crippen LogP contribution is -2.52. The maximum Gasteiger partial charge on any atom is 0.264 e. The minimum Gasteiger partial charge on any atom is -0.352 e. The molecule has 0 heterocycles. The summed E-state index contributed by atoms with van der Waals surface area (Å²) in [6.07, 6.45) is 0.744. The summed E-state index contributed by atoms with van der Waals surface area (Å²) >= 11 is 3.46. The smallest absolute Gasteiger partial charge is 0.264 e. The van der Waals surface area contributed by atoms with E-state index in [4.69, 9.17) is 0 Å². The molecule has 1 N–H and O–H groups in total. The van der Waals surface area contributed by atoms with Crippen molar-refractivity contribution in [3.63, 3.8) is 0 Å². The van der Waals surface area contributed by atoms with Gasteiger partial charge in [0.25, 0.3) is 10.0 Å². The average Bonchev–Trinajstić information content (AvgIpc) is 2.89. The van der Waals surface area contributed by atoms with Gasteiger partial charge in [0.15, 0.2) is 0 Å². The van der Waals surface area contributed by atoms with Crippen LogP contribution in [0.4, 0.5) is 5.69 Å².